The van der Waals surface area contributed by atoms with Crippen LogP contribution in [0.1, 0.15) is 0 Å². The van der Waals surface area contributed by atoms with E-state index in [1.807, 2.05) is 9.62 Å². The van der Waals surface area contributed by atoms with Crippen LogP contribution < -0.4 is 0 Å². The van der Waals surface area contributed by atoms with Crippen molar-refractivity contribution < 1.29 is 9.82 Å². The molecule has 1 aliphatic heterocycles. The van der Waals surface area contributed by atoms with Gasteiger partial charge in [0.2, 0.25) is 0 Å². The lowest BCUT2D eigenvalue weighted by Crippen LogP contribution is -2.40. The van der Waals surface area contributed by atoms with E-state index in [1.165, 1.54) is 7.41 Å². The summed E-state index contributed by atoms with van der Waals surface area (Å²) in [7, 11) is 1.07. The molecule has 1 heterocycles. The average molecular weight is 193 g/mol. The Balaban J connectivity index is 2.53. The van der Waals surface area contributed by atoms with Crippen LogP contribution in [0.15, 0.2) is 12.2 Å². The summed E-state index contributed by atoms with van der Waals surface area (Å²) in [5, 5.41) is 9.42. The number of hydrogen-bond acceptors (Lipinski definition) is 4. The molecule has 0 aromatic carbocycles. The van der Waals surface area contributed by atoms with E-state index in [2.05, 4.69) is 6.58 Å². The van der Waals surface area contributed by atoms with Gasteiger partial charge in [0.05, 0.1) is 6.19 Å². The summed E-state index contributed by atoms with van der Waals surface area (Å²) in [4.78, 5) is 14.2. The highest BCUT2D eigenvalue weighted by Crippen LogP contribution is 2.06. The Hall–Kier alpha value is -0.580. The van der Waals surface area contributed by atoms with Gasteiger partial charge in [-0.15, -0.1) is 0 Å². The van der Waals surface area contributed by atoms with Crippen molar-refractivity contribution in [2.24, 2.45) is 0 Å². The predicted octanol–water partition coefficient (Wildman–Crippen LogP) is -0.920. The van der Waals surface area contributed by atoms with Gasteiger partial charge in [-0.25, -0.2) is 0 Å². The van der Waals surface area contributed by atoms with Crippen molar-refractivity contribution >= 4 is 20.7 Å². The molecule has 0 aromatic rings. The Morgan fingerprint density at radius 1 is 1.57 bits per heavy atom. The first-order valence-corrected chi connectivity index (χ1v) is 4.75. The van der Waals surface area contributed by atoms with Crippen molar-refractivity contribution in [3.05, 3.63) is 12.2 Å². The first-order chi connectivity index (χ1) is 6.63. The quantitative estimate of drug-likeness (QED) is 0.357. The first-order valence-electron chi connectivity index (χ1n) is 4.75. The third-order valence-electron chi connectivity index (χ3n) is 2.33. The largest absolute Gasteiger partial charge is 0.437 e. The molecule has 0 atom stereocenters. The van der Waals surface area contributed by atoms with Crippen molar-refractivity contribution in [2.75, 3.05) is 26.2 Å². The summed E-state index contributed by atoms with van der Waals surface area (Å²) in [6.45, 7) is 8.55. The fraction of sp³-hybridized carbons (Fsp3) is 0.625. The zero-order valence-corrected chi connectivity index (χ0v) is 8.52. The Bertz CT molecular complexity index is 223. The molecule has 14 heavy (non-hydrogen) atoms. The van der Waals surface area contributed by atoms with Crippen molar-refractivity contribution in [2.45, 2.75) is 6.82 Å². The smallest absolute Gasteiger partial charge is 0.376 e. The fourth-order valence-corrected chi connectivity index (χ4v) is 1.57. The molecule has 1 aliphatic rings. The van der Waals surface area contributed by atoms with Gasteiger partial charge in [0.25, 0.3) is 7.41 Å². The normalized spacial score (nSPS) is 20.3. The molecule has 0 spiro atoms. The van der Waals surface area contributed by atoms with Gasteiger partial charge in [0, 0.05) is 19.6 Å². The molecule has 1 rings (SSSR count). The van der Waals surface area contributed by atoms with Gasteiger partial charge < -0.3 is 19.4 Å². The van der Waals surface area contributed by atoms with E-state index >= 15 is 0 Å². The molecule has 1 saturated heterocycles. The van der Waals surface area contributed by atoms with Crippen molar-refractivity contribution in [3.63, 3.8) is 0 Å². The lowest BCUT2D eigenvalue weighted by Gasteiger charge is -2.20. The van der Waals surface area contributed by atoms with Gasteiger partial charge in [0.15, 0.2) is 0 Å². The molecule has 1 fully saturated rings. The summed E-state index contributed by atoms with van der Waals surface area (Å²) in [6.07, 6.45) is 0.783. The molecule has 0 unspecified atom stereocenters. The van der Waals surface area contributed by atoms with Crippen LogP contribution in [0.2, 0.25) is 6.82 Å². The molecular weight excluding hydrogens is 178 g/mol. The van der Waals surface area contributed by atoms with E-state index in [1.54, 1.807) is 6.82 Å². The van der Waals surface area contributed by atoms with E-state index in [0.717, 1.165) is 24.8 Å². The van der Waals surface area contributed by atoms with Crippen LogP contribution in [0.25, 0.3) is 0 Å². The second kappa shape index (κ2) is 5.34. The van der Waals surface area contributed by atoms with E-state index in [-0.39, 0.29) is 0 Å². The van der Waals surface area contributed by atoms with E-state index in [4.69, 9.17) is 0 Å². The minimum absolute atomic E-state index is 0.456. The minimum Gasteiger partial charge on any atom is -0.437 e. The molecule has 0 amide bonds. The number of nitrogens with zero attached hydrogens (tertiary/aromatic N) is 2. The average Bonchev–Trinajstić information content (AvgIpc) is 2.28. The van der Waals surface area contributed by atoms with E-state index in [9.17, 15) is 9.82 Å². The number of carbonyl (C=O) groups is 1. The lowest BCUT2D eigenvalue weighted by molar-refractivity contribution is 0.380. The summed E-state index contributed by atoms with van der Waals surface area (Å²) in [5.74, 6) is 0. The molecule has 0 aliphatic carbocycles. The molecule has 75 valence electrons. The monoisotopic (exact) mass is 193 g/mol. The van der Waals surface area contributed by atoms with Crippen LogP contribution in [-0.2, 0) is 4.79 Å². The van der Waals surface area contributed by atoms with Crippen LogP contribution in [0.3, 0.4) is 0 Å². The number of carbonyl (C=O) groups excluding carboxylic acids is 1. The molecule has 0 saturated carbocycles. The van der Waals surface area contributed by atoms with Crippen molar-refractivity contribution in [1.29, 1.82) is 0 Å². The highest BCUT2D eigenvalue weighted by Gasteiger charge is 2.22. The Kier molecular flexibility index (Phi) is 4.38. The van der Waals surface area contributed by atoms with Crippen molar-refractivity contribution in [3.8, 4) is 0 Å². The van der Waals surface area contributed by atoms with E-state index < -0.39 is 7.05 Å². The predicted molar refractivity (Wildman–Crippen MR) is 58.6 cm³/mol. The third-order valence-corrected chi connectivity index (χ3v) is 2.33. The van der Waals surface area contributed by atoms with Crippen LogP contribution in [0.4, 0.5) is 0 Å². The highest BCUT2D eigenvalue weighted by molar-refractivity contribution is 6.64. The van der Waals surface area contributed by atoms with Gasteiger partial charge >= 0.3 is 7.05 Å². The van der Waals surface area contributed by atoms with Gasteiger partial charge in [-0.3, -0.25) is 0 Å². The van der Waals surface area contributed by atoms with Crippen LogP contribution in [0, 0.1) is 0 Å². The van der Waals surface area contributed by atoms with E-state index in [0.29, 0.717) is 13.1 Å². The summed E-state index contributed by atoms with van der Waals surface area (Å²) >= 11 is 0. The molecule has 0 aromatic heterocycles. The number of hydrogen-bond donors (Lipinski definition) is 1. The van der Waals surface area contributed by atoms with Crippen molar-refractivity contribution in [1.82, 2.24) is 9.62 Å². The van der Waals surface area contributed by atoms with Crippen LogP contribution in [-0.4, -0.2) is 61.5 Å². The zero-order valence-electron chi connectivity index (χ0n) is 8.52. The molecule has 6 heteroatoms. The fourth-order valence-electron chi connectivity index (χ4n) is 1.57. The summed E-state index contributed by atoms with van der Waals surface area (Å²) in [5.41, 5.74) is 1.02. The SMILES string of the molecule is C=C1CN([B]C=O)CCN(B(C)O)C1. The maximum absolute atomic E-state index is 10.3. The molecule has 1 N–H and O–H groups in total. The Morgan fingerprint density at radius 3 is 2.86 bits per heavy atom. The minimum atomic E-state index is -0.456. The highest BCUT2D eigenvalue weighted by atomic mass is 16.2. The zero-order chi connectivity index (χ0) is 10.6. The first kappa shape index (κ1) is 11.5. The van der Waals surface area contributed by atoms with Gasteiger partial charge in [-0.2, -0.15) is 0 Å². The lowest BCUT2D eigenvalue weighted by atomic mass is 9.84. The topological polar surface area (TPSA) is 43.8 Å². The molecule has 1 radical (unpaired) electrons. The Labute approximate surface area is 86.0 Å². The second-order valence-corrected chi connectivity index (χ2v) is 3.61. The standard InChI is InChI=1S/C8H15B2N2O2/c1-8-5-11(9-7-13)3-4-12(6-8)10(2)14/h7,14H,1,3-6H2,2H3. The van der Waals surface area contributed by atoms with Gasteiger partial charge in [0.1, 0.15) is 0 Å². The van der Waals surface area contributed by atoms with Gasteiger partial charge in [-0.05, 0) is 13.4 Å². The maximum atomic E-state index is 10.3. The summed E-state index contributed by atoms with van der Waals surface area (Å²) in [6, 6.07) is 0. The van der Waals surface area contributed by atoms with Crippen LogP contribution in [0.5, 0.6) is 0 Å². The molecular formula is C8H15B2N2O2. The summed E-state index contributed by atoms with van der Waals surface area (Å²) < 4.78 is 0. The van der Waals surface area contributed by atoms with Crippen LogP contribution >= 0.6 is 0 Å². The third kappa shape index (κ3) is 3.29. The second-order valence-electron chi connectivity index (χ2n) is 3.61. The molecule has 0 bridgehead atoms. The van der Waals surface area contributed by atoms with Gasteiger partial charge in [-0.1, -0.05) is 12.2 Å². The number of rotatable bonds is 3. The maximum Gasteiger partial charge on any atom is 0.376 e. The Morgan fingerprint density at radius 2 is 2.29 bits per heavy atom. The molecule has 4 nitrogen and oxygen atoms in total.